The highest BCUT2D eigenvalue weighted by Crippen LogP contribution is 2.30. The molecule has 0 spiro atoms. The number of nitrogens with zero attached hydrogens (tertiary/aromatic N) is 5. The Morgan fingerprint density at radius 2 is 2.08 bits per heavy atom. The molecule has 11 heteroatoms. The van der Waals surface area contributed by atoms with Crippen molar-refractivity contribution in [3.8, 4) is 5.75 Å². The van der Waals surface area contributed by atoms with Gasteiger partial charge < -0.3 is 14.0 Å². The highest BCUT2D eigenvalue weighted by molar-refractivity contribution is 7.14. The highest BCUT2D eigenvalue weighted by Gasteiger charge is 2.24. The molecule has 0 bridgehead atoms. The van der Waals surface area contributed by atoms with Crippen molar-refractivity contribution in [1.29, 1.82) is 0 Å². The van der Waals surface area contributed by atoms with Crippen molar-refractivity contribution < 1.29 is 19.1 Å². The third kappa shape index (κ3) is 5.77. The molecule has 0 N–H and O–H groups in total. The minimum Gasteiger partial charge on any atom is -0.497 e. The number of ketones is 1. The van der Waals surface area contributed by atoms with E-state index in [0.717, 1.165) is 35.5 Å². The molecule has 4 heterocycles. The first-order chi connectivity index (χ1) is 18.0. The number of hydrogen-bond acceptors (Lipinski definition) is 8. The molecule has 3 aromatic rings. The summed E-state index contributed by atoms with van der Waals surface area (Å²) in [5.41, 5.74) is 3.61. The number of Topliss-reactive ketones (excluding diaryl/α,β-unsaturated/α-hetero) is 1. The van der Waals surface area contributed by atoms with Crippen LogP contribution >= 0.6 is 22.9 Å². The molecule has 2 aliphatic rings. The number of benzene rings is 1. The fourth-order valence-corrected chi connectivity index (χ4v) is 5.38. The van der Waals surface area contributed by atoms with Crippen molar-refractivity contribution in [3.63, 3.8) is 0 Å². The van der Waals surface area contributed by atoms with E-state index >= 15 is 0 Å². The molecule has 0 aliphatic carbocycles. The normalized spacial score (nSPS) is 16.4. The molecular formula is C26H28ClN5O4S. The molecule has 1 aromatic carbocycles. The maximum absolute atomic E-state index is 13.7. The van der Waals surface area contributed by atoms with E-state index in [0.29, 0.717) is 54.7 Å². The molecule has 9 nitrogen and oxygen atoms in total. The minimum atomic E-state index is -0.110. The zero-order valence-corrected chi connectivity index (χ0v) is 22.1. The number of methoxy groups -OCH3 is 1. The van der Waals surface area contributed by atoms with E-state index < -0.39 is 0 Å². The standard InChI is InChI=1S/C26H28ClN5O4S/c1-35-19-3-4-20-21(26(34)18-2-5-23(27)29-13-18)15-31(22(20)12-19)16-24(33)32(25-14-28-17-37-25)7-6-30-8-10-36-11-9-30/h3-4,12-15,17H,2,5-11,16H2,1H3. The Morgan fingerprint density at radius 3 is 2.78 bits per heavy atom. The van der Waals surface area contributed by atoms with E-state index in [-0.39, 0.29) is 18.2 Å². The van der Waals surface area contributed by atoms with E-state index in [4.69, 9.17) is 21.1 Å². The lowest BCUT2D eigenvalue weighted by atomic mass is 9.99. The number of halogens is 1. The van der Waals surface area contributed by atoms with Crippen LogP contribution in [0.15, 0.2) is 52.9 Å². The first-order valence-corrected chi connectivity index (χ1v) is 13.4. The number of ether oxygens (including phenoxy) is 2. The molecule has 2 aliphatic heterocycles. The summed E-state index contributed by atoms with van der Waals surface area (Å²) >= 11 is 7.42. The van der Waals surface area contributed by atoms with Gasteiger partial charge in [-0.05, 0) is 18.6 Å². The predicted molar refractivity (Wildman–Crippen MR) is 145 cm³/mol. The number of amides is 1. The van der Waals surface area contributed by atoms with Gasteiger partial charge in [0.15, 0.2) is 5.78 Å². The fourth-order valence-electron chi connectivity index (χ4n) is 4.57. The van der Waals surface area contributed by atoms with Crippen LogP contribution in [0.3, 0.4) is 0 Å². The van der Waals surface area contributed by atoms with Gasteiger partial charge in [0.2, 0.25) is 5.91 Å². The molecule has 37 heavy (non-hydrogen) atoms. The van der Waals surface area contributed by atoms with Crippen molar-refractivity contribution in [2.24, 2.45) is 4.99 Å². The van der Waals surface area contributed by atoms with E-state index in [1.54, 1.807) is 36.1 Å². The molecule has 0 saturated carbocycles. The van der Waals surface area contributed by atoms with Crippen LogP contribution in [0.1, 0.15) is 23.2 Å². The van der Waals surface area contributed by atoms with Crippen LogP contribution in [0, 0.1) is 0 Å². The number of carbonyl (C=O) groups is 2. The maximum Gasteiger partial charge on any atom is 0.247 e. The minimum absolute atomic E-state index is 0.0704. The number of carbonyl (C=O) groups excluding carboxylic acids is 2. The average molecular weight is 542 g/mol. The number of aliphatic imine (C=N–C) groups is 1. The van der Waals surface area contributed by atoms with Gasteiger partial charge >= 0.3 is 0 Å². The molecule has 0 atom stereocenters. The molecule has 1 amide bonds. The summed E-state index contributed by atoms with van der Waals surface area (Å²) in [7, 11) is 1.59. The smallest absolute Gasteiger partial charge is 0.247 e. The Morgan fingerprint density at radius 1 is 1.24 bits per heavy atom. The highest BCUT2D eigenvalue weighted by atomic mass is 35.5. The summed E-state index contributed by atoms with van der Waals surface area (Å²) in [4.78, 5) is 39.5. The number of morpholine rings is 1. The number of fused-ring (bicyclic) bond motifs is 1. The third-order valence-electron chi connectivity index (χ3n) is 6.62. The third-order valence-corrected chi connectivity index (χ3v) is 7.70. The average Bonchev–Trinajstić information content (AvgIpc) is 3.58. The van der Waals surface area contributed by atoms with E-state index in [2.05, 4.69) is 14.9 Å². The number of anilines is 1. The molecule has 1 saturated heterocycles. The van der Waals surface area contributed by atoms with Gasteiger partial charge in [0, 0.05) is 67.6 Å². The zero-order valence-electron chi connectivity index (χ0n) is 20.6. The second-order valence-electron chi connectivity index (χ2n) is 8.88. The second-order valence-corrected chi connectivity index (χ2v) is 10.2. The van der Waals surface area contributed by atoms with Gasteiger partial charge in [-0.2, -0.15) is 0 Å². The van der Waals surface area contributed by atoms with Crippen LogP contribution < -0.4 is 9.64 Å². The predicted octanol–water partition coefficient (Wildman–Crippen LogP) is 3.97. The van der Waals surface area contributed by atoms with Crippen molar-refractivity contribution in [3.05, 3.63) is 53.4 Å². The molecule has 1 fully saturated rings. The van der Waals surface area contributed by atoms with Crippen molar-refractivity contribution in [2.45, 2.75) is 19.4 Å². The first kappa shape index (κ1) is 25.6. The number of thiazole rings is 1. The summed E-state index contributed by atoms with van der Waals surface area (Å²) in [6.07, 6.45) is 6.09. The summed E-state index contributed by atoms with van der Waals surface area (Å²) < 4.78 is 12.7. The van der Waals surface area contributed by atoms with Crippen LogP contribution in [0.4, 0.5) is 5.00 Å². The van der Waals surface area contributed by atoms with Gasteiger partial charge in [0.05, 0.1) is 37.5 Å². The van der Waals surface area contributed by atoms with E-state index in [1.807, 2.05) is 22.8 Å². The Labute approximate surface area is 223 Å². The summed E-state index contributed by atoms with van der Waals surface area (Å²) in [5, 5.41) is 2.05. The number of aromatic nitrogens is 2. The Kier molecular flexibility index (Phi) is 7.99. The van der Waals surface area contributed by atoms with Gasteiger partial charge in [0.25, 0.3) is 0 Å². The Hall–Kier alpha value is -3.05. The zero-order chi connectivity index (χ0) is 25.8. The fraction of sp³-hybridized carbons (Fsp3) is 0.385. The van der Waals surface area contributed by atoms with Gasteiger partial charge in [-0.3, -0.25) is 24.4 Å². The molecular weight excluding hydrogens is 514 g/mol. The monoisotopic (exact) mass is 541 g/mol. The van der Waals surface area contributed by atoms with Crippen molar-refractivity contribution >= 4 is 55.7 Å². The van der Waals surface area contributed by atoms with Crippen molar-refractivity contribution in [1.82, 2.24) is 14.5 Å². The van der Waals surface area contributed by atoms with Crippen LogP contribution in [0.25, 0.3) is 10.9 Å². The summed E-state index contributed by atoms with van der Waals surface area (Å²) in [6.45, 7) is 4.47. The topological polar surface area (TPSA) is 89.3 Å². The second kappa shape index (κ2) is 11.6. The largest absolute Gasteiger partial charge is 0.497 e. The van der Waals surface area contributed by atoms with Gasteiger partial charge in [0.1, 0.15) is 22.5 Å². The lowest BCUT2D eigenvalue weighted by Gasteiger charge is -2.29. The van der Waals surface area contributed by atoms with Crippen LogP contribution in [0.5, 0.6) is 5.75 Å². The summed E-state index contributed by atoms with van der Waals surface area (Å²) in [5.74, 6) is 0.462. The van der Waals surface area contributed by atoms with Crippen molar-refractivity contribution in [2.75, 3.05) is 51.4 Å². The first-order valence-electron chi connectivity index (χ1n) is 12.1. The summed E-state index contributed by atoms with van der Waals surface area (Å²) in [6, 6.07) is 5.54. The number of hydrogen-bond donors (Lipinski definition) is 0. The number of rotatable bonds is 9. The number of allylic oxidation sites excluding steroid dienone is 1. The molecule has 2 aromatic heterocycles. The van der Waals surface area contributed by atoms with E-state index in [1.165, 1.54) is 11.3 Å². The molecule has 0 unspecified atom stereocenters. The Bertz CT molecular complexity index is 1340. The molecule has 194 valence electrons. The molecule has 0 radical (unpaired) electrons. The quantitative estimate of drug-likeness (QED) is 0.381. The van der Waals surface area contributed by atoms with Crippen LogP contribution in [-0.4, -0.2) is 77.8 Å². The van der Waals surface area contributed by atoms with Gasteiger partial charge in [-0.1, -0.05) is 11.6 Å². The SMILES string of the molecule is COc1ccc2c(C(=O)C3=CN=C(Cl)CC3)cn(CC(=O)N(CCN3CCOCC3)c3cncs3)c2c1. The lowest BCUT2D eigenvalue weighted by molar-refractivity contribution is -0.119. The maximum atomic E-state index is 13.7. The van der Waals surface area contributed by atoms with Gasteiger partial charge in [-0.15, -0.1) is 11.3 Å². The van der Waals surface area contributed by atoms with Crippen LogP contribution in [0.2, 0.25) is 0 Å². The lowest BCUT2D eigenvalue weighted by Crippen LogP contribution is -2.43. The van der Waals surface area contributed by atoms with Gasteiger partial charge in [-0.25, -0.2) is 4.99 Å². The Balaban J connectivity index is 1.44. The van der Waals surface area contributed by atoms with E-state index in [9.17, 15) is 9.59 Å². The van der Waals surface area contributed by atoms with Crippen LogP contribution in [-0.2, 0) is 16.1 Å². The molecule has 5 rings (SSSR count).